The number of nitrogens with zero attached hydrogens (tertiary/aromatic N) is 1. The molecule has 0 saturated heterocycles. The van der Waals surface area contributed by atoms with E-state index in [-0.39, 0.29) is 0 Å². The summed E-state index contributed by atoms with van der Waals surface area (Å²) in [4.78, 5) is 34.2. The summed E-state index contributed by atoms with van der Waals surface area (Å²) in [6, 6.07) is 0. The lowest BCUT2D eigenvalue weighted by atomic mass is 10.2. The normalized spacial score (nSPS) is 12.5. The maximum absolute atomic E-state index is 11.4. The molecular weight excluding hydrogens is 228 g/mol. The molecule has 2 N–H and O–H groups in total. The molecule has 0 aromatic heterocycles. The van der Waals surface area contributed by atoms with Crippen molar-refractivity contribution in [2.24, 2.45) is 0 Å². The maximum atomic E-state index is 11.4. The van der Waals surface area contributed by atoms with Crippen LogP contribution in [0.2, 0.25) is 0 Å². The lowest BCUT2D eigenvalue weighted by molar-refractivity contribution is -0.149. The smallest absolute Gasteiger partial charge is 0.409 e. The Bertz CT molecular complexity index is 321. The Morgan fingerprint density at radius 2 is 1.76 bits per heavy atom. The van der Waals surface area contributed by atoms with Gasteiger partial charge in [0.1, 0.15) is 5.60 Å². The molecule has 7 heteroatoms. The van der Waals surface area contributed by atoms with E-state index in [1.165, 1.54) is 14.0 Å². The van der Waals surface area contributed by atoms with Crippen LogP contribution in [-0.4, -0.2) is 46.8 Å². The Labute approximate surface area is 99.7 Å². The third-order valence-corrected chi connectivity index (χ3v) is 1.77. The molecule has 0 aromatic rings. The zero-order valence-electron chi connectivity index (χ0n) is 10.6. The zero-order chi connectivity index (χ0) is 13.8. The number of likely N-dealkylation sites (N-methyl/N-ethyl adjacent to an activating group) is 1. The maximum Gasteiger partial charge on any atom is 0.409 e. The molecule has 0 aromatic carbocycles. The van der Waals surface area contributed by atoms with Gasteiger partial charge in [0.05, 0.1) is 0 Å². The Morgan fingerprint density at radius 1 is 1.29 bits per heavy atom. The summed E-state index contributed by atoms with van der Waals surface area (Å²) in [5, 5.41) is 11.0. The van der Waals surface area contributed by atoms with Crippen molar-refractivity contribution in [3.05, 3.63) is 0 Å². The lowest BCUT2D eigenvalue weighted by Crippen LogP contribution is -2.53. The van der Waals surface area contributed by atoms with Crippen LogP contribution in [0.5, 0.6) is 0 Å². The van der Waals surface area contributed by atoms with Gasteiger partial charge in [0, 0.05) is 14.0 Å². The van der Waals surface area contributed by atoms with Crippen LogP contribution < -0.4 is 5.32 Å². The minimum atomic E-state index is -1.44. The molecule has 0 rings (SSSR count). The number of rotatable bonds is 3. The molecule has 0 saturated carbocycles. The van der Waals surface area contributed by atoms with Crippen LogP contribution in [0, 0.1) is 0 Å². The number of carbonyl (C=O) groups is 3. The second kappa shape index (κ2) is 5.51. The number of carboxylic acids is 1. The molecule has 98 valence electrons. The van der Waals surface area contributed by atoms with Crippen LogP contribution in [0.25, 0.3) is 0 Å². The summed E-state index contributed by atoms with van der Waals surface area (Å²) in [5.41, 5.74) is -0.734. The van der Waals surface area contributed by atoms with Gasteiger partial charge >= 0.3 is 12.1 Å². The molecule has 0 radical (unpaired) electrons. The van der Waals surface area contributed by atoms with Gasteiger partial charge < -0.3 is 14.7 Å². The third kappa shape index (κ3) is 5.74. The number of aliphatic carboxylic acids is 1. The second-order valence-electron chi connectivity index (χ2n) is 4.52. The largest absolute Gasteiger partial charge is 0.478 e. The fourth-order valence-corrected chi connectivity index (χ4v) is 0.925. The van der Waals surface area contributed by atoms with E-state index in [4.69, 9.17) is 9.84 Å². The SMILES string of the molecule is CC(=O)N(C)C(NC(=O)OC(C)(C)C)C(=O)O. The summed E-state index contributed by atoms with van der Waals surface area (Å²) in [5.74, 6) is -1.82. The van der Waals surface area contributed by atoms with Gasteiger partial charge in [-0.2, -0.15) is 0 Å². The van der Waals surface area contributed by atoms with Gasteiger partial charge in [-0.25, -0.2) is 9.59 Å². The topological polar surface area (TPSA) is 95.9 Å². The molecule has 17 heavy (non-hydrogen) atoms. The monoisotopic (exact) mass is 246 g/mol. The molecule has 0 aliphatic rings. The highest BCUT2D eigenvalue weighted by molar-refractivity contribution is 5.85. The molecule has 0 aliphatic heterocycles. The lowest BCUT2D eigenvalue weighted by Gasteiger charge is -2.26. The molecule has 7 nitrogen and oxygen atoms in total. The number of amides is 2. The number of alkyl carbamates (subject to hydrolysis) is 1. The molecule has 0 fully saturated rings. The number of ether oxygens (including phenoxy) is 1. The van der Waals surface area contributed by atoms with Crippen molar-refractivity contribution >= 4 is 18.0 Å². The molecule has 0 bridgehead atoms. The fraction of sp³-hybridized carbons (Fsp3) is 0.700. The molecule has 2 amide bonds. The van der Waals surface area contributed by atoms with Crippen LogP contribution >= 0.6 is 0 Å². The summed E-state index contributed by atoms with van der Waals surface area (Å²) >= 11 is 0. The first-order chi connectivity index (χ1) is 7.54. The third-order valence-electron chi connectivity index (χ3n) is 1.77. The number of nitrogens with one attached hydrogen (secondary N) is 1. The Kier molecular flexibility index (Phi) is 4.93. The van der Waals surface area contributed by atoms with E-state index in [0.717, 1.165) is 4.90 Å². The molecular formula is C10H18N2O5. The van der Waals surface area contributed by atoms with E-state index in [2.05, 4.69) is 5.32 Å². The highest BCUT2D eigenvalue weighted by atomic mass is 16.6. The van der Waals surface area contributed by atoms with Crippen LogP contribution in [0.3, 0.4) is 0 Å². The van der Waals surface area contributed by atoms with Gasteiger partial charge in [-0.05, 0) is 20.8 Å². The Morgan fingerprint density at radius 3 is 2.06 bits per heavy atom. The van der Waals surface area contributed by atoms with E-state index >= 15 is 0 Å². The Hall–Kier alpha value is -1.79. The van der Waals surface area contributed by atoms with Crippen molar-refractivity contribution in [3.63, 3.8) is 0 Å². The first-order valence-corrected chi connectivity index (χ1v) is 5.00. The van der Waals surface area contributed by atoms with Gasteiger partial charge in [0.25, 0.3) is 0 Å². The standard InChI is InChI=1S/C10H18N2O5/c1-6(13)12(5)7(8(14)15)11-9(16)17-10(2,3)4/h7H,1-5H3,(H,11,16)(H,14,15). The summed E-state index contributed by atoms with van der Waals surface area (Å²) in [7, 11) is 1.28. The number of carbonyl (C=O) groups excluding carboxylic acids is 2. The predicted octanol–water partition coefficient (Wildman–Crippen LogP) is 0.400. The van der Waals surface area contributed by atoms with Crippen molar-refractivity contribution in [3.8, 4) is 0 Å². The van der Waals surface area contributed by atoms with E-state index in [1.54, 1.807) is 20.8 Å². The van der Waals surface area contributed by atoms with Crippen molar-refractivity contribution in [1.29, 1.82) is 0 Å². The number of hydrogen-bond acceptors (Lipinski definition) is 4. The first kappa shape index (κ1) is 15.2. The van der Waals surface area contributed by atoms with Gasteiger partial charge in [0.2, 0.25) is 12.1 Å². The van der Waals surface area contributed by atoms with E-state index in [0.29, 0.717) is 0 Å². The summed E-state index contributed by atoms with van der Waals surface area (Å²) in [6.07, 6.45) is -2.33. The minimum Gasteiger partial charge on any atom is -0.478 e. The molecule has 0 heterocycles. The van der Waals surface area contributed by atoms with Crippen molar-refractivity contribution in [2.45, 2.75) is 39.5 Å². The van der Waals surface area contributed by atoms with Crippen LogP contribution in [0.15, 0.2) is 0 Å². The van der Waals surface area contributed by atoms with E-state index < -0.39 is 29.7 Å². The van der Waals surface area contributed by atoms with Crippen LogP contribution in [-0.2, 0) is 14.3 Å². The first-order valence-electron chi connectivity index (χ1n) is 5.00. The highest BCUT2D eigenvalue weighted by Gasteiger charge is 2.28. The molecule has 0 aliphatic carbocycles. The van der Waals surface area contributed by atoms with Crippen LogP contribution in [0.4, 0.5) is 4.79 Å². The van der Waals surface area contributed by atoms with Crippen molar-refractivity contribution in [1.82, 2.24) is 10.2 Å². The molecule has 1 atom stereocenters. The highest BCUT2D eigenvalue weighted by Crippen LogP contribution is 2.07. The fourth-order valence-electron chi connectivity index (χ4n) is 0.925. The summed E-state index contributed by atoms with van der Waals surface area (Å²) in [6.45, 7) is 6.15. The Balaban J connectivity index is 4.62. The molecule has 1 unspecified atom stereocenters. The average molecular weight is 246 g/mol. The van der Waals surface area contributed by atoms with Crippen LogP contribution in [0.1, 0.15) is 27.7 Å². The quantitative estimate of drug-likeness (QED) is 0.703. The van der Waals surface area contributed by atoms with Crippen molar-refractivity contribution in [2.75, 3.05) is 7.05 Å². The average Bonchev–Trinajstić information content (AvgIpc) is 2.09. The van der Waals surface area contributed by atoms with Gasteiger partial charge in [0.15, 0.2) is 0 Å². The molecule has 0 spiro atoms. The second-order valence-corrected chi connectivity index (χ2v) is 4.52. The zero-order valence-corrected chi connectivity index (χ0v) is 10.6. The predicted molar refractivity (Wildman–Crippen MR) is 59.2 cm³/mol. The number of carboxylic acid groups (broad SMARTS) is 1. The van der Waals surface area contributed by atoms with E-state index in [9.17, 15) is 14.4 Å². The number of hydrogen-bond donors (Lipinski definition) is 2. The van der Waals surface area contributed by atoms with E-state index in [1.807, 2.05) is 0 Å². The minimum absolute atomic E-state index is 0.478. The van der Waals surface area contributed by atoms with Gasteiger partial charge in [-0.3, -0.25) is 10.1 Å². The van der Waals surface area contributed by atoms with Gasteiger partial charge in [-0.1, -0.05) is 0 Å². The van der Waals surface area contributed by atoms with Crippen molar-refractivity contribution < 1.29 is 24.2 Å². The van der Waals surface area contributed by atoms with Gasteiger partial charge in [-0.15, -0.1) is 0 Å². The summed E-state index contributed by atoms with van der Waals surface area (Å²) < 4.78 is 4.90.